The van der Waals surface area contributed by atoms with Crippen molar-refractivity contribution in [1.29, 1.82) is 0 Å². The number of rotatable bonds is 6. The normalized spacial score (nSPS) is 15.0. The van der Waals surface area contributed by atoms with Gasteiger partial charge in [-0.25, -0.2) is 9.97 Å². The van der Waals surface area contributed by atoms with Crippen molar-refractivity contribution < 1.29 is 9.53 Å². The third kappa shape index (κ3) is 4.70. The van der Waals surface area contributed by atoms with Crippen LogP contribution >= 0.6 is 11.3 Å². The monoisotopic (exact) mass is 375 g/mol. The van der Waals surface area contributed by atoms with Crippen molar-refractivity contribution in [1.82, 2.24) is 15.3 Å². The minimum Gasteiger partial charge on any atom is -0.383 e. The molecule has 0 radical (unpaired) electrons. The first-order chi connectivity index (χ1) is 12.7. The molecule has 2 aromatic rings. The first kappa shape index (κ1) is 18.6. The van der Waals surface area contributed by atoms with Gasteiger partial charge in [-0.05, 0) is 25.5 Å². The number of methoxy groups -OCH3 is 1. The molecule has 0 spiro atoms. The van der Waals surface area contributed by atoms with Gasteiger partial charge in [0, 0.05) is 51.4 Å². The zero-order valence-electron chi connectivity index (χ0n) is 15.3. The predicted molar refractivity (Wildman–Crippen MR) is 104 cm³/mol. The maximum atomic E-state index is 12.0. The van der Waals surface area contributed by atoms with Crippen molar-refractivity contribution in [2.24, 2.45) is 0 Å². The number of thiazole rings is 1. The molecule has 26 heavy (non-hydrogen) atoms. The summed E-state index contributed by atoms with van der Waals surface area (Å²) in [5, 5.41) is 6.00. The zero-order valence-corrected chi connectivity index (χ0v) is 16.1. The number of anilines is 2. The number of carbonyl (C=O) groups excluding carboxylic acids is 1. The van der Waals surface area contributed by atoms with E-state index in [1.165, 1.54) is 0 Å². The van der Waals surface area contributed by atoms with Gasteiger partial charge in [0.05, 0.1) is 17.9 Å². The Hall–Kier alpha value is -2.19. The third-order valence-electron chi connectivity index (χ3n) is 4.30. The van der Waals surface area contributed by atoms with Crippen LogP contribution in [-0.4, -0.2) is 62.3 Å². The van der Waals surface area contributed by atoms with E-state index in [9.17, 15) is 4.79 Å². The summed E-state index contributed by atoms with van der Waals surface area (Å²) in [6.07, 6.45) is 2.70. The molecule has 1 saturated heterocycles. The highest BCUT2D eigenvalue weighted by atomic mass is 32.1. The van der Waals surface area contributed by atoms with Gasteiger partial charge in [0.1, 0.15) is 5.82 Å². The van der Waals surface area contributed by atoms with Gasteiger partial charge < -0.3 is 19.9 Å². The quantitative estimate of drug-likeness (QED) is 0.778. The van der Waals surface area contributed by atoms with E-state index in [0.717, 1.165) is 49.2 Å². The van der Waals surface area contributed by atoms with Gasteiger partial charge in [0.15, 0.2) is 5.13 Å². The molecule has 1 N–H and O–H groups in total. The van der Waals surface area contributed by atoms with Crippen LogP contribution in [0.5, 0.6) is 0 Å². The fraction of sp³-hybridized carbons (Fsp3) is 0.500. The molecule has 1 fully saturated rings. The third-order valence-corrected chi connectivity index (χ3v) is 5.32. The van der Waals surface area contributed by atoms with Crippen molar-refractivity contribution in [3.05, 3.63) is 35.0 Å². The Morgan fingerprint density at radius 3 is 2.77 bits per heavy atom. The van der Waals surface area contributed by atoms with Gasteiger partial charge in [-0.1, -0.05) is 0 Å². The lowest BCUT2D eigenvalue weighted by atomic mass is 10.2. The number of aryl methyl sites for hydroxylation is 1. The maximum Gasteiger partial charge on any atom is 0.252 e. The molecule has 1 aliphatic rings. The van der Waals surface area contributed by atoms with Crippen molar-refractivity contribution >= 4 is 28.2 Å². The van der Waals surface area contributed by atoms with Gasteiger partial charge in [0.25, 0.3) is 5.91 Å². The lowest BCUT2D eigenvalue weighted by Crippen LogP contribution is -2.31. The van der Waals surface area contributed by atoms with Gasteiger partial charge in [-0.15, -0.1) is 11.3 Å². The summed E-state index contributed by atoms with van der Waals surface area (Å²) in [6.45, 7) is 6.80. The van der Waals surface area contributed by atoms with E-state index in [0.29, 0.717) is 18.7 Å². The second-order valence-corrected chi connectivity index (χ2v) is 7.09. The lowest BCUT2D eigenvalue weighted by molar-refractivity contribution is 0.0937. The van der Waals surface area contributed by atoms with Crippen LogP contribution in [-0.2, 0) is 4.74 Å². The van der Waals surface area contributed by atoms with E-state index in [-0.39, 0.29) is 5.91 Å². The van der Waals surface area contributed by atoms with Crippen LogP contribution in [0.15, 0.2) is 23.7 Å². The standard InChI is InChI=1S/C18H25N5O2S/c1-14-13-26-18(21-14)23-8-3-7-22(9-10-23)16-5-4-15(12-20-16)17(24)19-6-11-25-2/h4-5,12-13H,3,6-11H2,1-2H3,(H,19,24). The average Bonchev–Trinajstić information content (AvgIpc) is 2.94. The molecule has 0 unspecified atom stereocenters. The van der Waals surface area contributed by atoms with Crippen LogP contribution in [0.4, 0.5) is 10.9 Å². The fourth-order valence-corrected chi connectivity index (χ4v) is 3.76. The Morgan fingerprint density at radius 2 is 2.08 bits per heavy atom. The summed E-state index contributed by atoms with van der Waals surface area (Å²) < 4.78 is 4.94. The largest absolute Gasteiger partial charge is 0.383 e. The number of hydrogen-bond acceptors (Lipinski definition) is 7. The second-order valence-electron chi connectivity index (χ2n) is 6.25. The van der Waals surface area contributed by atoms with Gasteiger partial charge in [0.2, 0.25) is 0 Å². The molecule has 2 aromatic heterocycles. The zero-order chi connectivity index (χ0) is 18.4. The summed E-state index contributed by atoms with van der Waals surface area (Å²) in [5.41, 5.74) is 1.65. The maximum absolute atomic E-state index is 12.0. The number of carbonyl (C=O) groups is 1. The molecule has 7 nitrogen and oxygen atoms in total. The number of aromatic nitrogens is 2. The molecule has 3 rings (SSSR count). The molecule has 140 valence electrons. The number of pyridine rings is 1. The topological polar surface area (TPSA) is 70.6 Å². The molecular formula is C18H25N5O2S. The molecule has 0 saturated carbocycles. The van der Waals surface area contributed by atoms with Gasteiger partial charge in [-0.3, -0.25) is 4.79 Å². The summed E-state index contributed by atoms with van der Waals surface area (Å²) in [7, 11) is 1.61. The minimum atomic E-state index is -0.123. The average molecular weight is 375 g/mol. The Kier molecular flexibility index (Phi) is 6.40. The van der Waals surface area contributed by atoms with E-state index in [2.05, 4.69) is 30.5 Å². The highest BCUT2D eigenvalue weighted by molar-refractivity contribution is 7.13. The number of nitrogens with zero attached hydrogens (tertiary/aromatic N) is 4. The van der Waals surface area contributed by atoms with Gasteiger partial charge in [-0.2, -0.15) is 0 Å². The molecule has 3 heterocycles. The second kappa shape index (κ2) is 8.95. The molecule has 0 atom stereocenters. The van der Waals surface area contributed by atoms with Crippen molar-refractivity contribution in [2.45, 2.75) is 13.3 Å². The van der Waals surface area contributed by atoms with Crippen LogP contribution in [0.1, 0.15) is 22.5 Å². The lowest BCUT2D eigenvalue weighted by Gasteiger charge is -2.22. The summed E-state index contributed by atoms with van der Waals surface area (Å²) in [6, 6.07) is 3.76. The molecule has 1 amide bonds. The molecular weight excluding hydrogens is 350 g/mol. The van der Waals surface area contributed by atoms with Crippen molar-refractivity contribution in [3.63, 3.8) is 0 Å². The van der Waals surface area contributed by atoms with E-state index >= 15 is 0 Å². The summed E-state index contributed by atoms with van der Waals surface area (Å²) in [4.78, 5) is 25.7. The number of nitrogens with one attached hydrogen (secondary N) is 1. The summed E-state index contributed by atoms with van der Waals surface area (Å²) in [5.74, 6) is 0.790. The Bertz CT molecular complexity index is 719. The summed E-state index contributed by atoms with van der Waals surface area (Å²) >= 11 is 1.70. The van der Waals surface area contributed by atoms with E-state index in [1.807, 2.05) is 19.1 Å². The fourth-order valence-electron chi connectivity index (χ4n) is 2.90. The molecule has 8 heteroatoms. The SMILES string of the molecule is COCCNC(=O)c1ccc(N2CCCN(c3nc(C)cs3)CC2)nc1. The van der Waals surface area contributed by atoms with E-state index in [1.54, 1.807) is 24.6 Å². The Labute approximate surface area is 158 Å². The van der Waals surface area contributed by atoms with E-state index < -0.39 is 0 Å². The van der Waals surface area contributed by atoms with Crippen LogP contribution in [0, 0.1) is 6.92 Å². The number of ether oxygens (including phenoxy) is 1. The number of amides is 1. The highest BCUT2D eigenvalue weighted by Crippen LogP contribution is 2.22. The Morgan fingerprint density at radius 1 is 1.27 bits per heavy atom. The molecule has 0 aromatic carbocycles. The van der Waals surface area contributed by atoms with Crippen LogP contribution < -0.4 is 15.1 Å². The van der Waals surface area contributed by atoms with Crippen molar-refractivity contribution in [3.8, 4) is 0 Å². The van der Waals surface area contributed by atoms with Gasteiger partial charge >= 0.3 is 0 Å². The van der Waals surface area contributed by atoms with E-state index in [4.69, 9.17) is 4.74 Å². The molecule has 1 aliphatic heterocycles. The molecule has 0 bridgehead atoms. The molecule has 0 aliphatic carbocycles. The first-order valence-electron chi connectivity index (χ1n) is 8.82. The Balaban J connectivity index is 1.58. The minimum absolute atomic E-state index is 0.123. The first-order valence-corrected chi connectivity index (χ1v) is 9.70. The smallest absolute Gasteiger partial charge is 0.252 e. The number of hydrogen-bond donors (Lipinski definition) is 1. The predicted octanol–water partition coefficient (Wildman–Crippen LogP) is 1.94. The van der Waals surface area contributed by atoms with Crippen LogP contribution in [0.2, 0.25) is 0 Å². The highest BCUT2D eigenvalue weighted by Gasteiger charge is 2.18. The van der Waals surface area contributed by atoms with Crippen LogP contribution in [0.3, 0.4) is 0 Å². The van der Waals surface area contributed by atoms with Crippen LogP contribution in [0.25, 0.3) is 0 Å². The van der Waals surface area contributed by atoms with Crippen molar-refractivity contribution in [2.75, 3.05) is 56.2 Å².